The first-order chi connectivity index (χ1) is 8.29. The lowest BCUT2D eigenvalue weighted by atomic mass is 9.93. The molecular formula is C16H22N2. The summed E-state index contributed by atoms with van der Waals surface area (Å²) in [7, 11) is 0. The second-order valence-electron chi connectivity index (χ2n) is 6.14. The molecule has 0 saturated carbocycles. The number of aromatic nitrogens is 2. The Labute approximate surface area is 110 Å². The van der Waals surface area contributed by atoms with Gasteiger partial charge in [0.05, 0.1) is 11.4 Å². The summed E-state index contributed by atoms with van der Waals surface area (Å²) in [5, 5.41) is 4.72. The van der Waals surface area contributed by atoms with Crippen LogP contribution in [0.3, 0.4) is 0 Å². The highest BCUT2D eigenvalue weighted by Crippen LogP contribution is 2.24. The van der Waals surface area contributed by atoms with Crippen molar-refractivity contribution in [3.63, 3.8) is 0 Å². The molecule has 1 aromatic heterocycles. The average molecular weight is 242 g/mol. The minimum absolute atomic E-state index is 0.0950. The lowest BCUT2D eigenvalue weighted by Gasteiger charge is -2.15. The highest BCUT2D eigenvalue weighted by molar-refractivity contribution is 5.48. The zero-order chi connectivity index (χ0) is 13.5. The van der Waals surface area contributed by atoms with Crippen molar-refractivity contribution >= 4 is 0 Å². The summed E-state index contributed by atoms with van der Waals surface area (Å²) in [5.41, 5.74) is 6.28. The van der Waals surface area contributed by atoms with E-state index in [1.54, 1.807) is 0 Å². The van der Waals surface area contributed by atoms with Crippen LogP contribution < -0.4 is 0 Å². The van der Waals surface area contributed by atoms with Gasteiger partial charge in [-0.2, -0.15) is 5.10 Å². The summed E-state index contributed by atoms with van der Waals surface area (Å²) in [5.74, 6) is 0. The molecule has 0 N–H and O–H groups in total. The number of nitrogens with zero attached hydrogens (tertiary/aromatic N) is 2. The van der Waals surface area contributed by atoms with Crippen molar-refractivity contribution in [3.8, 4) is 5.69 Å². The molecule has 0 aliphatic rings. The molecule has 2 nitrogen and oxygen atoms in total. The third-order valence-corrected chi connectivity index (χ3v) is 3.22. The van der Waals surface area contributed by atoms with Crippen molar-refractivity contribution in [2.24, 2.45) is 0 Å². The molecule has 0 aliphatic carbocycles. The first-order valence-corrected chi connectivity index (χ1v) is 6.43. The van der Waals surface area contributed by atoms with Gasteiger partial charge in [0.2, 0.25) is 0 Å². The Morgan fingerprint density at radius 1 is 1.00 bits per heavy atom. The third-order valence-electron chi connectivity index (χ3n) is 3.22. The second kappa shape index (κ2) is 4.27. The second-order valence-corrected chi connectivity index (χ2v) is 6.14. The largest absolute Gasteiger partial charge is 0.240 e. The quantitative estimate of drug-likeness (QED) is 0.736. The molecule has 2 heteroatoms. The Balaban J connectivity index is 2.53. The van der Waals surface area contributed by atoms with E-state index in [2.05, 4.69) is 65.9 Å². The molecule has 96 valence electrons. The van der Waals surface area contributed by atoms with E-state index in [4.69, 9.17) is 5.10 Å². The fourth-order valence-corrected chi connectivity index (χ4v) is 2.38. The molecule has 0 amide bonds. The fraction of sp³-hybridized carbons (Fsp3) is 0.438. The Morgan fingerprint density at radius 3 is 2.00 bits per heavy atom. The summed E-state index contributed by atoms with van der Waals surface area (Å²) >= 11 is 0. The first kappa shape index (κ1) is 12.9. The van der Waals surface area contributed by atoms with Gasteiger partial charge in [-0.3, -0.25) is 0 Å². The molecule has 0 fully saturated rings. The van der Waals surface area contributed by atoms with Crippen LogP contribution in [0.2, 0.25) is 0 Å². The smallest absolute Gasteiger partial charge is 0.0704 e. The van der Waals surface area contributed by atoms with Crippen molar-refractivity contribution in [1.82, 2.24) is 9.78 Å². The van der Waals surface area contributed by atoms with Gasteiger partial charge in [0.25, 0.3) is 0 Å². The molecular weight excluding hydrogens is 220 g/mol. The predicted molar refractivity (Wildman–Crippen MR) is 76.5 cm³/mol. The normalized spacial score (nSPS) is 11.9. The van der Waals surface area contributed by atoms with Crippen LogP contribution in [0.5, 0.6) is 0 Å². The van der Waals surface area contributed by atoms with Gasteiger partial charge in [0.15, 0.2) is 0 Å². The van der Waals surface area contributed by atoms with E-state index < -0.39 is 0 Å². The first-order valence-electron chi connectivity index (χ1n) is 6.43. The van der Waals surface area contributed by atoms with E-state index in [-0.39, 0.29) is 5.41 Å². The number of hydrogen-bond acceptors (Lipinski definition) is 1. The summed E-state index contributed by atoms with van der Waals surface area (Å²) in [6.07, 6.45) is 2.06. The van der Waals surface area contributed by atoms with E-state index in [1.807, 2.05) is 4.68 Å². The molecule has 18 heavy (non-hydrogen) atoms. The fourth-order valence-electron chi connectivity index (χ4n) is 2.38. The number of rotatable bonds is 1. The van der Waals surface area contributed by atoms with Gasteiger partial charge in [-0.15, -0.1) is 0 Å². The van der Waals surface area contributed by atoms with Crippen molar-refractivity contribution < 1.29 is 0 Å². The van der Waals surface area contributed by atoms with Crippen molar-refractivity contribution in [3.05, 3.63) is 46.8 Å². The van der Waals surface area contributed by atoms with Crippen LogP contribution >= 0.6 is 0 Å². The minimum Gasteiger partial charge on any atom is -0.240 e. The molecule has 0 unspecified atom stereocenters. The Bertz CT molecular complexity index is 548. The Kier molecular flexibility index (Phi) is 3.05. The van der Waals surface area contributed by atoms with Crippen molar-refractivity contribution in [2.75, 3.05) is 0 Å². The molecule has 1 aromatic carbocycles. The average Bonchev–Trinajstić information content (AvgIpc) is 2.64. The molecule has 2 aromatic rings. The van der Waals surface area contributed by atoms with Crippen LogP contribution in [-0.4, -0.2) is 9.78 Å². The highest BCUT2D eigenvalue weighted by Gasteiger charge is 2.17. The number of hydrogen-bond donors (Lipinski definition) is 0. The summed E-state index contributed by atoms with van der Waals surface area (Å²) < 4.78 is 2.00. The van der Waals surface area contributed by atoms with E-state index in [0.717, 1.165) is 5.69 Å². The van der Waals surface area contributed by atoms with Crippen LogP contribution in [0, 0.1) is 20.8 Å². The Hall–Kier alpha value is -1.57. The molecule has 0 spiro atoms. The predicted octanol–water partition coefficient (Wildman–Crippen LogP) is 4.10. The summed E-state index contributed by atoms with van der Waals surface area (Å²) in [6.45, 7) is 13.0. The van der Waals surface area contributed by atoms with Crippen molar-refractivity contribution in [2.45, 2.75) is 47.0 Å². The summed E-state index contributed by atoms with van der Waals surface area (Å²) in [6, 6.07) is 6.53. The van der Waals surface area contributed by atoms with Gasteiger partial charge in [0.1, 0.15) is 0 Å². The van der Waals surface area contributed by atoms with Gasteiger partial charge in [0, 0.05) is 11.6 Å². The van der Waals surface area contributed by atoms with E-state index in [9.17, 15) is 0 Å². The maximum absolute atomic E-state index is 4.72. The molecule has 1 heterocycles. The Morgan fingerprint density at radius 2 is 1.56 bits per heavy atom. The third kappa shape index (κ3) is 2.33. The molecule has 2 rings (SSSR count). The van der Waals surface area contributed by atoms with Gasteiger partial charge in [-0.1, -0.05) is 38.5 Å². The maximum atomic E-state index is 4.72. The highest BCUT2D eigenvalue weighted by atomic mass is 15.3. The standard InChI is InChI=1S/C16H22N2/c1-11-9-12(2)15(13(3)10-11)18-8-7-14(17-18)16(4,5)6/h7-10H,1-6H3. The molecule has 0 radical (unpaired) electrons. The number of aryl methyl sites for hydroxylation is 3. The maximum Gasteiger partial charge on any atom is 0.0704 e. The van der Waals surface area contributed by atoms with Crippen LogP contribution in [0.15, 0.2) is 24.4 Å². The van der Waals surface area contributed by atoms with Gasteiger partial charge >= 0.3 is 0 Å². The van der Waals surface area contributed by atoms with Gasteiger partial charge in [-0.25, -0.2) is 4.68 Å². The topological polar surface area (TPSA) is 17.8 Å². The van der Waals surface area contributed by atoms with Gasteiger partial charge < -0.3 is 0 Å². The van der Waals surface area contributed by atoms with E-state index in [0.29, 0.717) is 0 Å². The van der Waals surface area contributed by atoms with E-state index >= 15 is 0 Å². The van der Waals surface area contributed by atoms with Crippen molar-refractivity contribution in [1.29, 1.82) is 0 Å². The molecule has 0 aliphatic heterocycles. The van der Waals surface area contributed by atoms with Crippen LogP contribution in [0.1, 0.15) is 43.2 Å². The van der Waals surface area contributed by atoms with E-state index in [1.165, 1.54) is 22.4 Å². The zero-order valence-corrected chi connectivity index (χ0v) is 12.2. The zero-order valence-electron chi connectivity index (χ0n) is 12.2. The lowest BCUT2D eigenvalue weighted by Crippen LogP contribution is -2.13. The molecule has 0 bridgehead atoms. The molecule has 0 atom stereocenters. The number of benzene rings is 1. The van der Waals surface area contributed by atoms with Crippen LogP contribution in [0.4, 0.5) is 0 Å². The lowest BCUT2D eigenvalue weighted by molar-refractivity contribution is 0.560. The van der Waals surface area contributed by atoms with Crippen LogP contribution in [0.25, 0.3) is 5.69 Å². The monoisotopic (exact) mass is 242 g/mol. The molecule has 0 saturated heterocycles. The van der Waals surface area contributed by atoms with Crippen LogP contribution in [-0.2, 0) is 5.41 Å². The van der Waals surface area contributed by atoms with Gasteiger partial charge in [-0.05, 0) is 38.0 Å². The summed E-state index contributed by atoms with van der Waals surface area (Å²) in [4.78, 5) is 0. The minimum atomic E-state index is 0.0950. The SMILES string of the molecule is Cc1cc(C)c(-n2ccc(C(C)(C)C)n2)c(C)c1.